The van der Waals surface area contributed by atoms with Crippen LogP contribution in [-0.2, 0) is 9.53 Å². The molecule has 0 aromatic rings. The van der Waals surface area contributed by atoms with E-state index in [1.807, 2.05) is 46.6 Å². The van der Waals surface area contributed by atoms with E-state index < -0.39 is 5.60 Å². The van der Waals surface area contributed by atoms with Gasteiger partial charge in [-0.2, -0.15) is 0 Å². The van der Waals surface area contributed by atoms with E-state index in [0.29, 0.717) is 19.0 Å². The molecular formula is C16H30N2O3. The molecule has 5 heteroatoms. The van der Waals surface area contributed by atoms with Crippen molar-refractivity contribution in [3.63, 3.8) is 0 Å². The lowest BCUT2D eigenvalue weighted by molar-refractivity contribution is -0.133. The first-order valence-electron chi connectivity index (χ1n) is 7.83. The van der Waals surface area contributed by atoms with Crippen LogP contribution in [0.5, 0.6) is 0 Å². The Labute approximate surface area is 128 Å². The number of hydrogen-bond acceptors (Lipinski definition) is 3. The Kier molecular flexibility index (Phi) is 6.05. The Balaban J connectivity index is 2.39. The van der Waals surface area contributed by atoms with E-state index in [2.05, 4.69) is 0 Å². The summed E-state index contributed by atoms with van der Waals surface area (Å²) in [5.41, 5.74) is -0.447. The Morgan fingerprint density at radius 1 is 1.24 bits per heavy atom. The molecule has 0 atom stereocenters. The van der Waals surface area contributed by atoms with Crippen molar-refractivity contribution >= 4 is 12.0 Å². The number of nitrogens with zero attached hydrogens (tertiary/aromatic N) is 2. The van der Waals surface area contributed by atoms with Gasteiger partial charge in [-0.3, -0.25) is 4.79 Å². The molecule has 0 bridgehead atoms. The van der Waals surface area contributed by atoms with Crippen LogP contribution in [0.25, 0.3) is 0 Å². The Morgan fingerprint density at radius 2 is 1.76 bits per heavy atom. The molecule has 1 aliphatic rings. The molecule has 0 aromatic heterocycles. The van der Waals surface area contributed by atoms with Crippen molar-refractivity contribution < 1.29 is 14.3 Å². The number of ether oxygens (including phenoxy) is 1. The number of amides is 2. The third-order valence-electron chi connectivity index (χ3n) is 3.67. The molecular weight excluding hydrogens is 268 g/mol. The van der Waals surface area contributed by atoms with Crippen molar-refractivity contribution in [1.29, 1.82) is 0 Å². The highest BCUT2D eigenvalue weighted by atomic mass is 16.6. The average Bonchev–Trinajstić information content (AvgIpc) is 2.36. The first-order chi connectivity index (χ1) is 9.60. The lowest BCUT2D eigenvalue weighted by Gasteiger charge is -2.35. The molecule has 2 amide bonds. The maximum Gasteiger partial charge on any atom is 0.410 e. The van der Waals surface area contributed by atoms with Crippen LogP contribution < -0.4 is 0 Å². The Hall–Kier alpha value is -1.26. The molecule has 0 aliphatic carbocycles. The summed E-state index contributed by atoms with van der Waals surface area (Å²) >= 11 is 0. The highest BCUT2D eigenvalue weighted by molar-refractivity contribution is 5.77. The third kappa shape index (κ3) is 5.94. The third-order valence-corrected chi connectivity index (χ3v) is 3.67. The van der Waals surface area contributed by atoms with Gasteiger partial charge in [-0.25, -0.2) is 4.79 Å². The zero-order valence-corrected chi connectivity index (χ0v) is 14.3. The Bertz CT molecular complexity index is 366. The molecule has 0 unspecified atom stereocenters. The number of piperidine rings is 1. The van der Waals surface area contributed by atoms with Crippen molar-refractivity contribution in [3.8, 4) is 0 Å². The van der Waals surface area contributed by atoms with Gasteiger partial charge < -0.3 is 14.5 Å². The second-order valence-corrected chi connectivity index (χ2v) is 7.28. The molecule has 0 spiro atoms. The monoisotopic (exact) mass is 298 g/mol. The van der Waals surface area contributed by atoms with Gasteiger partial charge in [0.1, 0.15) is 5.60 Å². The first kappa shape index (κ1) is 17.8. The minimum absolute atomic E-state index is 0.0388. The first-order valence-corrected chi connectivity index (χ1v) is 7.83. The van der Waals surface area contributed by atoms with Gasteiger partial charge in [-0.05, 0) is 39.5 Å². The van der Waals surface area contributed by atoms with E-state index in [1.54, 1.807) is 4.90 Å². The number of rotatable bonds is 3. The fourth-order valence-electron chi connectivity index (χ4n) is 2.54. The second kappa shape index (κ2) is 7.14. The minimum Gasteiger partial charge on any atom is -0.444 e. The summed E-state index contributed by atoms with van der Waals surface area (Å²) in [5, 5.41) is 0. The predicted molar refractivity (Wildman–Crippen MR) is 83.0 cm³/mol. The number of carbonyl (C=O) groups is 2. The molecule has 5 nitrogen and oxygen atoms in total. The van der Waals surface area contributed by atoms with Crippen LogP contribution in [0.4, 0.5) is 4.79 Å². The van der Waals surface area contributed by atoms with Gasteiger partial charge in [0.2, 0.25) is 5.91 Å². The van der Waals surface area contributed by atoms with Crippen LogP contribution in [0.2, 0.25) is 0 Å². The quantitative estimate of drug-likeness (QED) is 0.805. The topological polar surface area (TPSA) is 49.9 Å². The van der Waals surface area contributed by atoms with Gasteiger partial charge in [0.25, 0.3) is 0 Å². The molecule has 0 N–H and O–H groups in total. The summed E-state index contributed by atoms with van der Waals surface area (Å²) in [7, 11) is 1.86. The lowest BCUT2D eigenvalue weighted by atomic mass is 9.96. The summed E-state index contributed by atoms with van der Waals surface area (Å²) in [6.45, 7) is 11.7. The van der Waals surface area contributed by atoms with E-state index in [4.69, 9.17) is 4.74 Å². The minimum atomic E-state index is -0.447. The van der Waals surface area contributed by atoms with Crippen molar-refractivity contribution in [2.75, 3.05) is 26.7 Å². The van der Waals surface area contributed by atoms with Gasteiger partial charge in [-0.15, -0.1) is 0 Å². The second-order valence-electron chi connectivity index (χ2n) is 7.28. The molecule has 1 aliphatic heterocycles. The van der Waals surface area contributed by atoms with E-state index in [9.17, 15) is 9.59 Å². The van der Waals surface area contributed by atoms with E-state index in [0.717, 1.165) is 19.4 Å². The summed E-state index contributed by atoms with van der Waals surface area (Å²) in [6.07, 6.45) is 1.62. The number of hydrogen-bond donors (Lipinski definition) is 0. The molecule has 1 rings (SSSR count). The summed E-state index contributed by atoms with van der Waals surface area (Å²) < 4.78 is 5.39. The number of carbonyl (C=O) groups excluding carboxylic acids is 2. The SMILES string of the molecule is CC(C)C(=O)N(C)CC1CCN(C(=O)OC(C)(C)C)CC1. The van der Waals surface area contributed by atoms with Crippen molar-refractivity contribution in [1.82, 2.24) is 9.80 Å². The van der Waals surface area contributed by atoms with Crippen LogP contribution in [-0.4, -0.2) is 54.1 Å². The highest BCUT2D eigenvalue weighted by Gasteiger charge is 2.28. The van der Waals surface area contributed by atoms with Crippen LogP contribution in [0, 0.1) is 11.8 Å². The molecule has 1 fully saturated rings. The highest BCUT2D eigenvalue weighted by Crippen LogP contribution is 2.20. The average molecular weight is 298 g/mol. The zero-order valence-electron chi connectivity index (χ0n) is 14.3. The van der Waals surface area contributed by atoms with Crippen LogP contribution in [0.1, 0.15) is 47.5 Å². The Morgan fingerprint density at radius 3 is 2.19 bits per heavy atom. The van der Waals surface area contributed by atoms with Crippen LogP contribution >= 0.6 is 0 Å². The maximum atomic E-state index is 12.0. The molecule has 0 aromatic carbocycles. The van der Waals surface area contributed by atoms with Crippen molar-refractivity contribution in [2.24, 2.45) is 11.8 Å². The summed E-state index contributed by atoms with van der Waals surface area (Å²) in [4.78, 5) is 27.5. The van der Waals surface area contributed by atoms with E-state index >= 15 is 0 Å². The predicted octanol–water partition coefficient (Wildman–Crippen LogP) is 2.75. The van der Waals surface area contributed by atoms with Gasteiger partial charge in [0.05, 0.1) is 0 Å². The fraction of sp³-hybridized carbons (Fsp3) is 0.875. The molecule has 1 saturated heterocycles. The van der Waals surface area contributed by atoms with E-state index in [-0.39, 0.29) is 17.9 Å². The molecule has 21 heavy (non-hydrogen) atoms. The zero-order chi connectivity index (χ0) is 16.2. The fourth-order valence-corrected chi connectivity index (χ4v) is 2.54. The molecule has 1 heterocycles. The smallest absolute Gasteiger partial charge is 0.410 e. The van der Waals surface area contributed by atoms with Gasteiger partial charge in [0.15, 0.2) is 0 Å². The van der Waals surface area contributed by atoms with Gasteiger partial charge in [-0.1, -0.05) is 13.8 Å². The van der Waals surface area contributed by atoms with Crippen molar-refractivity contribution in [2.45, 2.75) is 53.1 Å². The standard InChI is InChI=1S/C16H30N2O3/c1-12(2)14(19)17(6)11-13-7-9-18(10-8-13)15(20)21-16(3,4)5/h12-13H,7-11H2,1-6H3. The molecule has 0 radical (unpaired) electrons. The largest absolute Gasteiger partial charge is 0.444 e. The van der Waals surface area contributed by atoms with E-state index in [1.165, 1.54) is 0 Å². The summed E-state index contributed by atoms with van der Waals surface area (Å²) in [5.74, 6) is 0.692. The maximum absolute atomic E-state index is 12.0. The van der Waals surface area contributed by atoms with Gasteiger partial charge in [0, 0.05) is 32.6 Å². The van der Waals surface area contributed by atoms with Crippen LogP contribution in [0.15, 0.2) is 0 Å². The molecule has 0 saturated carbocycles. The lowest BCUT2D eigenvalue weighted by Crippen LogP contribution is -2.44. The molecule has 122 valence electrons. The van der Waals surface area contributed by atoms with Crippen LogP contribution in [0.3, 0.4) is 0 Å². The normalized spacial score (nSPS) is 17.0. The van der Waals surface area contributed by atoms with Gasteiger partial charge >= 0.3 is 6.09 Å². The number of likely N-dealkylation sites (tertiary alicyclic amines) is 1. The van der Waals surface area contributed by atoms with Crippen molar-refractivity contribution in [3.05, 3.63) is 0 Å². The summed E-state index contributed by atoms with van der Waals surface area (Å²) in [6, 6.07) is 0.